The topological polar surface area (TPSA) is 90.6 Å². The van der Waals surface area contributed by atoms with Crippen LogP contribution < -0.4 is 10.3 Å². The highest BCUT2D eigenvalue weighted by Crippen LogP contribution is 2.25. The third kappa shape index (κ3) is 4.94. The van der Waals surface area contributed by atoms with Gasteiger partial charge in [-0.2, -0.15) is 0 Å². The molecule has 0 aliphatic carbocycles. The van der Waals surface area contributed by atoms with E-state index in [-0.39, 0.29) is 23.9 Å². The molecule has 1 unspecified atom stereocenters. The molecule has 0 saturated heterocycles. The summed E-state index contributed by atoms with van der Waals surface area (Å²) in [6.07, 6.45) is 2.25. The Bertz CT molecular complexity index is 1090. The number of carbonyl (C=O) groups excluding carboxylic acids is 1. The van der Waals surface area contributed by atoms with Crippen molar-refractivity contribution in [3.63, 3.8) is 0 Å². The van der Waals surface area contributed by atoms with Gasteiger partial charge in [0, 0.05) is 29.9 Å². The van der Waals surface area contributed by atoms with Gasteiger partial charge in [0.05, 0.1) is 32.4 Å². The normalized spacial score (nSPS) is 11.5. The van der Waals surface area contributed by atoms with Gasteiger partial charge < -0.3 is 9.47 Å². The fraction of sp³-hybridized carbons (Fsp3) is 0.273. The van der Waals surface area contributed by atoms with Gasteiger partial charge in [0.15, 0.2) is 5.69 Å². The first-order valence-corrected chi connectivity index (χ1v) is 9.48. The molecule has 154 valence electrons. The van der Waals surface area contributed by atoms with E-state index < -0.39 is 0 Å². The quantitative estimate of drug-likeness (QED) is 0.457. The first-order valence-electron chi connectivity index (χ1n) is 9.48. The lowest BCUT2D eigenvalue weighted by atomic mass is 9.92. The number of hydrogen-bond donors (Lipinski definition) is 1. The fourth-order valence-corrected chi connectivity index (χ4v) is 3.17. The summed E-state index contributed by atoms with van der Waals surface area (Å²) in [7, 11) is 1.54. The number of hydrogen-bond acceptors (Lipinski definition) is 5. The van der Waals surface area contributed by atoms with Crippen molar-refractivity contribution in [2.24, 2.45) is 0 Å². The van der Waals surface area contributed by atoms with Crippen LogP contribution in [0.5, 0.6) is 5.88 Å². The maximum Gasteiger partial charge on any atom is 0.306 e. The van der Waals surface area contributed by atoms with E-state index in [4.69, 9.17) is 16.0 Å². The number of nitrogens with one attached hydrogen (secondary N) is 1. The van der Waals surface area contributed by atoms with Gasteiger partial charge in [-0.25, -0.2) is 14.5 Å². The van der Waals surface area contributed by atoms with E-state index in [2.05, 4.69) is 14.9 Å². The molecule has 0 radical (unpaired) electrons. The number of aromatic amines is 1. The molecule has 0 fully saturated rings. The average molecular weight is 406 g/mol. The van der Waals surface area contributed by atoms with Crippen LogP contribution in [0.3, 0.4) is 0 Å². The van der Waals surface area contributed by atoms with Crippen molar-refractivity contribution in [2.45, 2.75) is 25.7 Å². The standard InChI is InChI=1S/C22H22N4O4/c1-4-30-22(28)12-16(15-5-10-20(29-3)24-14-15)11-18-13-21(27)26(25-18)19-8-6-17(23-2)7-9-19/h5-10,13-14,16,25H,4,11-12H2,1,3H3. The molecule has 0 bridgehead atoms. The lowest BCUT2D eigenvalue weighted by molar-refractivity contribution is -0.143. The number of benzene rings is 1. The van der Waals surface area contributed by atoms with Crippen molar-refractivity contribution in [3.05, 3.63) is 81.7 Å². The third-order valence-electron chi connectivity index (χ3n) is 4.63. The first-order chi connectivity index (χ1) is 14.5. The van der Waals surface area contributed by atoms with Gasteiger partial charge in [-0.05, 0) is 31.0 Å². The summed E-state index contributed by atoms with van der Waals surface area (Å²) < 4.78 is 11.6. The number of esters is 1. The molecule has 0 spiro atoms. The summed E-state index contributed by atoms with van der Waals surface area (Å²) in [6.45, 7) is 9.10. The predicted octanol–water partition coefficient (Wildman–Crippen LogP) is 3.40. The number of pyridine rings is 1. The van der Waals surface area contributed by atoms with Gasteiger partial charge in [-0.1, -0.05) is 18.2 Å². The van der Waals surface area contributed by atoms with Crippen LogP contribution in [0.4, 0.5) is 5.69 Å². The van der Waals surface area contributed by atoms with E-state index in [1.807, 2.05) is 6.07 Å². The summed E-state index contributed by atoms with van der Waals surface area (Å²) in [6, 6.07) is 11.8. The van der Waals surface area contributed by atoms with Crippen molar-refractivity contribution in [1.29, 1.82) is 0 Å². The van der Waals surface area contributed by atoms with Crippen LogP contribution in [0.2, 0.25) is 0 Å². The zero-order valence-electron chi connectivity index (χ0n) is 16.8. The van der Waals surface area contributed by atoms with Gasteiger partial charge in [0.1, 0.15) is 0 Å². The predicted molar refractivity (Wildman–Crippen MR) is 111 cm³/mol. The second kappa shape index (κ2) is 9.56. The maximum atomic E-state index is 12.5. The zero-order chi connectivity index (χ0) is 21.5. The molecule has 2 aromatic heterocycles. The number of nitrogens with zero attached hydrogens (tertiary/aromatic N) is 3. The number of methoxy groups -OCH3 is 1. The van der Waals surface area contributed by atoms with Crippen LogP contribution in [0, 0.1) is 6.57 Å². The minimum atomic E-state index is -0.310. The largest absolute Gasteiger partial charge is 0.481 e. The van der Waals surface area contributed by atoms with Crippen LogP contribution in [0.25, 0.3) is 10.5 Å². The molecule has 0 aliphatic heterocycles. The zero-order valence-corrected chi connectivity index (χ0v) is 16.8. The molecule has 0 amide bonds. The molecular weight excluding hydrogens is 384 g/mol. The lowest BCUT2D eigenvalue weighted by Gasteiger charge is -2.16. The molecule has 8 heteroatoms. The summed E-state index contributed by atoms with van der Waals surface area (Å²) in [4.78, 5) is 32.2. The summed E-state index contributed by atoms with van der Waals surface area (Å²) >= 11 is 0. The number of carbonyl (C=O) groups is 1. The maximum absolute atomic E-state index is 12.5. The Balaban J connectivity index is 1.86. The van der Waals surface area contributed by atoms with Crippen molar-refractivity contribution in [1.82, 2.24) is 14.8 Å². The fourth-order valence-electron chi connectivity index (χ4n) is 3.17. The molecule has 8 nitrogen and oxygen atoms in total. The summed E-state index contributed by atoms with van der Waals surface area (Å²) in [5.74, 6) is -0.0515. The third-order valence-corrected chi connectivity index (χ3v) is 4.63. The Kier molecular flexibility index (Phi) is 6.65. The molecule has 0 aliphatic rings. The van der Waals surface area contributed by atoms with E-state index in [1.54, 1.807) is 43.5 Å². The van der Waals surface area contributed by atoms with Crippen LogP contribution in [-0.2, 0) is 16.0 Å². The van der Waals surface area contributed by atoms with Gasteiger partial charge in [-0.15, -0.1) is 0 Å². The molecule has 3 aromatic rings. The highest BCUT2D eigenvalue weighted by atomic mass is 16.5. The number of H-pyrrole nitrogens is 1. The summed E-state index contributed by atoms with van der Waals surface area (Å²) in [5, 5.41) is 3.09. The van der Waals surface area contributed by atoms with Crippen LogP contribution in [0.1, 0.15) is 30.5 Å². The molecule has 3 rings (SSSR count). The van der Waals surface area contributed by atoms with Crippen molar-refractivity contribution < 1.29 is 14.3 Å². The minimum absolute atomic E-state index is 0.161. The van der Waals surface area contributed by atoms with Gasteiger partial charge in [-0.3, -0.25) is 14.7 Å². The molecule has 30 heavy (non-hydrogen) atoms. The van der Waals surface area contributed by atoms with Crippen molar-refractivity contribution >= 4 is 11.7 Å². The highest BCUT2D eigenvalue weighted by molar-refractivity contribution is 5.70. The number of aromatic nitrogens is 3. The SMILES string of the molecule is [C-]#[N+]c1ccc(-n2[nH]c(CC(CC(=O)OCC)c3ccc(OC)nc3)cc2=O)cc1. The van der Waals surface area contributed by atoms with E-state index in [9.17, 15) is 9.59 Å². The average Bonchev–Trinajstić information content (AvgIpc) is 3.13. The first kappa shape index (κ1) is 20.9. The Morgan fingerprint density at radius 2 is 2.03 bits per heavy atom. The van der Waals surface area contributed by atoms with E-state index in [0.717, 1.165) is 5.56 Å². The van der Waals surface area contributed by atoms with E-state index in [0.29, 0.717) is 36.0 Å². The van der Waals surface area contributed by atoms with Crippen LogP contribution in [0.15, 0.2) is 53.5 Å². The van der Waals surface area contributed by atoms with Crippen molar-refractivity contribution in [2.75, 3.05) is 13.7 Å². The Labute approximate surface area is 173 Å². The van der Waals surface area contributed by atoms with E-state index in [1.165, 1.54) is 17.9 Å². The van der Waals surface area contributed by atoms with Crippen LogP contribution >= 0.6 is 0 Å². The summed E-state index contributed by atoms with van der Waals surface area (Å²) in [5.41, 5.74) is 2.44. The number of ether oxygens (including phenoxy) is 2. The number of rotatable bonds is 8. The Morgan fingerprint density at radius 3 is 2.63 bits per heavy atom. The molecule has 1 N–H and O–H groups in total. The highest BCUT2D eigenvalue weighted by Gasteiger charge is 2.20. The van der Waals surface area contributed by atoms with E-state index >= 15 is 0 Å². The molecular formula is C22H22N4O4. The molecule has 1 aromatic carbocycles. The second-order valence-corrected chi connectivity index (χ2v) is 6.63. The van der Waals surface area contributed by atoms with Crippen LogP contribution in [-0.4, -0.2) is 34.5 Å². The molecule has 1 atom stereocenters. The molecule has 0 saturated carbocycles. The monoisotopic (exact) mass is 406 g/mol. The Morgan fingerprint density at radius 1 is 1.27 bits per heavy atom. The minimum Gasteiger partial charge on any atom is -0.481 e. The smallest absolute Gasteiger partial charge is 0.306 e. The van der Waals surface area contributed by atoms with Crippen molar-refractivity contribution in [3.8, 4) is 11.6 Å². The Hall–Kier alpha value is -3.86. The second-order valence-electron chi connectivity index (χ2n) is 6.63. The van der Waals surface area contributed by atoms with Gasteiger partial charge in [0.25, 0.3) is 5.56 Å². The van der Waals surface area contributed by atoms with Gasteiger partial charge in [0.2, 0.25) is 5.88 Å². The lowest BCUT2D eigenvalue weighted by Crippen LogP contribution is -2.14. The van der Waals surface area contributed by atoms with Gasteiger partial charge >= 0.3 is 5.97 Å². The molecule has 2 heterocycles.